The highest BCUT2D eigenvalue weighted by atomic mass is 35.5. The Balaban J connectivity index is 0.00000288. The molecule has 5 nitrogen and oxygen atoms in total. The fraction of sp³-hybridized carbons (Fsp3) is 0.556. The summed E-state index contributed by atoms with van der Waals surface area (Å²) in [5, 5.41) is 5.85. The molecule has 1 fully saturated rings. The molecule has 2 amide bonds. The molecule has 0 radical (unpaired) electrons. The van der Waals surface area contributed by atoms with Crippen LogP contribution in [0.2, 0.25) is 0 Å². The molecule has 3 atom stereocenters. The van der Waals surface area contributed by atoms with Gasteiger partial charge in [0.25, 0.3) is 5.91 Å². The normalized spacial score (nSPS) is 20.0. The van der Waals surface area contributed by atoms with Crippen LogP contribution in [0.3, 0.4) is 0 Å². The largest absolute Gasteiger partial charge is 0.348 e. The van der Waals surface area contributed by atoms with Gasteiger partial charge in [0, 0.05) is 29.8 Å². The first-order valence-corrected chi connectivity index (χ1v) is 8.32. The maximum atomic E-state index is 12.4. The van der Waals surface area contributed by atoms with Gasteiger partial charge in [-0.15, -0.1) is 12.4 Å². The first kappa shape index (κ1) is 20.5. The second-order valence-electron chi connectivity index (χ2n) is 6.93. The first-order chi connectivity index (χ1) is 10.9. The van der Waals surface area contributed by atoms with E-state index in [0.717, 1.165) is 12.8 Å². The summed E-state index contributed by atoms with van der Waals surface area (Å²) in [5.41, 5.74) is 6.92. The van der Waals surface area contributed by atoms with Crippen LogP contribution in [0, 0.1) is 17.8 Å². The predicted molar refractivity (Wildman–Crippen MR) is 99.4 cm³/mol. The van der Waals surface area contributed by atoms with Crippen molar-refractivity contribution in [1.29, 1.82) is 0 Å². The summed E-state index contributed by atoms with van der Waals surface area (Å²) < 4.78 is 0. The fourth-order valence-electron chi connectivity index (χ4n) is 2.71. The Bertz CT molecular complexity index is 577. The molecule has 4 N–H and O–H groups in total. The van der Waals surface area contributed by atoms with Crippen LogP contribution in [0.4, 0.5) is 5.69 Å². The first-order valence-electron chi connectivity index (χ1n) is 8.32. The number of anilines is 1. The fourth-order valence-corrected chi connectivity index (χ4v) is 2.71. The summed E-state index contributed by atoms with van der Waals surface area (Å²) in [6.07, 6.45) is 1.79. The average Bonchev–Trinajstić information content (AvgIpc) is 3.23. The number of amides is 2. The summed E-state index contributed by atoms with van der Waals surface area (Å²) in [6, 6.07) is 7.00. The third-order valence-electron chi connectivity index (χ3n) is 4.21. The van der Waals surface area contributed by atoms with E-state index in [1.165, 1.54) is 0 Å². The van der Waals surface area contributed by atoms with Crippen molar-refractivity contribution >= 4 is 29.9 Å². The van der Waals surface area contributed by atoms with Crippen LogP contribution in [0.15, 0.2) is 24.3 Å². The van der Waals surface area contributed by atoms with Crippen molar-refractivity contribution in [3.8, 4) is 0 Å². The van der Waals surface area contributed by atoms with Crippen LogP contribution in [-0.2, 0) is 4.79 Å². The zero-order valence-corrected chi connectivity index (χ0v) is 15.4. The Hall–Kier alpha value is -1.59. The van der Waals surface area contributed by atoms with E-state index in [2.05, 4.69) is 31.4 Å². The third-order valence-corrected chi connectivity index (χ3v) is 4.21. The monoisotopic (exact) mass is 353 g/mol. The Labute approximate surface area is 150 Å². The molecule has 0 aromatic heterocycles. The second-order valence-corrected chi connectivity index (χ2v) is 6.93. The minimum absolute atomic E-state index is 0. The van der Waals surface area contributed by atoms with Gasteiger partial charge in [0.15, 0.2) is 0 Å². The number of nitrogens with one attached hydrogen (secondary N) is 2. The molecular formula is C18H28ClN3O2. The standard InChI is InChI=1S/C18H27N3O2.ClH/c1-11(2)7-15(10-19)21-17(22)13-5-4-6-14(9-13)20-18(23)16-8-12(16)3;/h4-6,9,11-12,15-16H,7-8,10,19H2,1-3H3,(H,20,23)(H,21,22);1H. The number of benzene rings is 1. The maximum Gasteiger partial charge on any atom is 0.251 e. The molecule has 0 bridgehead atoms. The quantitative estimate of drug-likeness (QED) is 0.704. The lowest BCUT2D eigenvalue weighted by Gasteiger charge is -2.19. The molecule has 1 saturated carbocycles. The van der Waals surface area contributed by atoms with Gasteiger partial charge in [0.05, 0.1) is 0 Å². The van der Waals surface area contributed by atoms with Crippen molar-refractivity contribution in [2.24, 2.45) is 23.5 Å². The van der Waals surface area contributed by atoms with Gasteiger partial charge in [0.1, 0.15) is 0 Å². The van der Waals surface area contributed by atoms with Crippen molar-refractivity contribution in [3.05, 3.63) is 29.8 Å². The smallest absolute Gasteiger partial charge is 0.251 e. The zero-order valence-electron chi connectivity index (χ0n) is 14.5. The summed E-state index contributed by atoms with van der Waals surface area (Å²) in [6.45, 7) is 6.68. The predicted octanol–water partition coefficient (Wildman–Crippen LogP) is 2.81. The molecule has 1 aliphatic carbocycles. The van der Waals surface area contributed by atoms with Gasteiger partial charge in [-0.2, -0.15) is 0 Å². The van der Waals surface area contributed by atoms with E-state index in [-0.39, 0.29) is 36.2 Å². The van der Waals surface area contributed by atoms with Gasteiger partial charge >= 0.3 is 0 Å². The average molecular weight is 354 g/mol. The van der Waals surface area contributed by atoms with Gasteiger partial charge in [-0.3, -0.25) is 9.59 Å². The summed E-state index contributed by atoms with van der Waals surface area (Å²) in [7, 11) is 0. The molecule has 0 spiro atoms. The molecule has 0 heterocycles. The number of rotatable bonds is 7. The Morgan fingerprint density at radius 3 is 2.54 bits per heavy atom. The van der Waals surface area contributed by atoms with Gasteiger partial charge in [0.2, 0.25) is 5.91 Å². The Morgan fingerprint density at radius 1 is 1.33 bits per heavy atom. The van der Waals surface area contributed by atoms with E-state index in [4.69, 9.17) is 5.73 Å². The molecule has 3 unspecified atom stereocenters. The van der Waals surface area contributed by atoms with Crippen molar-refractivity contribution in [2.45, 2.75) is 39.7 Å². The lowest BCUT2D eigenvalue weighted by molar-refractivity contribution is -0.117. The molecular weight excluding hydrogens is 326 g/mol. The van der Waals surface area contributed by atoms with E-state index in [0.29, 0.717) is 29.6 Å². The molecule has 0 aliphatic heterocycles. The third kappa shape index (κ3) is 5.80. The second kappa shape index (κ2) is 9.04. The van der Waals surface area contributed by atoms with Crippen molar-refractivity contribution in [2.75, 3.05) is 11.9 Å². The summed E-state index contributed by atoms with van der Waals surface area (Å²) in [5.74, 6) is 0.921. The molecule has 1 aromatic carbocycles. The lowest BCUT2D eigenvalue weighted by atomic mass is 10.0. The Morgan fingerprint density at radius 2 is 2.00 bits per heavy atom. The zero-order chi connectivity index (χ0) is 17.0. The van der Waals surface area contributed by atoms with Crippen LogP contribution in [0.25, 0.3) is 0 Å². The highest BCUT2D eigenvalue weighted by molar-refractivity contribution is 5.98. The van der Waals surface area contributed by atoms with Crippen molar-refractivity contribution in [3.63, 3.8) is 0 Å². The molecule has 0 saturated heterocycles. The lowest BCUT2D eigenvalue weighted by Crippen LogP contribution is -2.41. The van der Waals surface area contributed by atoms with E-state index in [1.807, 2.05) is 0 Å². The van der Waals surface area contributed by atoms with Crippen LogP contribution in [0.1, 0.15) is 44.0 Å². The topological polar surface area (TPSA) is 84.2 Å². The molecule has 24 heavy (non-hydrogen) atoms. The van der Waals surface area contributed by atoms with Crippen molar-refractivity contribution < 1.29 is 9.59 Å². The van der Waals surface area contributed by atoms with E-state index >= 15 is 0 Å². The van der Waals surface area contributed by atoms with E-state index < -0.39 is 0 Å². The highest BCUT2D eigenvalue weighted by Crippen LogP contribution is 2.38. The van der Waals surface area contributed by atoms with Gasteiger partial charge in [-0.1, -0.05) is 26.8 Å². The minimum atomic E-state index is -0.156. The van der Waals surface area contributed by atoms with Crippen molar-refractivity contribution in [1.82, 2.24) is 5.32 Å². The number of hydrogen-bond acceptors (Lipinski definition) is 3. The van der Waals surface area contributed by atoms with Crippen LogP contribution >= 0.6 is 12.4 Å². The molecule has 1 aliphatic rings. The van der Waals surface area contributed by atoms with Crippen LogP contribution in [0.5, 0.6) is 0 Å². The summed E-state index contributed by atoms with van der Waals surface area (Å²) >= 11 is 0. The van der Waals surface area contributed by atoms with Gasteiger partial charge < -0.3 is 16.4 Å². The number of halogens is 1. The number of hydrogen-bond donors (Lipinski definition) is 3. The summed E-state index contributed by atoms with van der Waals surface area (Å²) in [4.78, 5) is 24.3. The minimum Gasteiger partial charge on any atom is -0.348 e. The number of carbonyl (C=O) groups is 2. The van der Waals surface area contributed by atoms with E-state index in [9.17, 15) is 9.59 Å². The maximum absolute atomic E-state index is 12.4. The SMILES string of the molecule is CC(C)CC(CN)NC(=O)c1cccc(NC(=O)C2CC2C)c1.Cl. The van der Waals surface area contributed by atoms with Gasteiger partial charge in [-0.25, -0.2) is 0 Å². The molecule has 134 valence electrons. The number of nitrogens with two attached hydrogens (primary N) is 1. The van der Waals surface area contributed by atoms with Crippen LogP contribution in [-0.4, -0.2) is 24.4 Å². The molecule has 6 heteroatoms. The molecule has 1 aromatic rings. The van der Waals surface area contributed by atoms with Crippen LogP contribution < -0.4 is 16.4 Å². The molecule has 2 rings (SSSR count). The highest BCUT2D eigenvalue weighted by Gasteiger charge is 2.39. The number of carbonyl (C=O) groups excluding carboxylic acids is 2. The van der Waals surface area contributed by atoms with E-state index in [1.54, 1.807) is 24.3 Å². The Kier molecular flexibility index (Phi) is 7.70. The van der Waals surface area contributed by atoms with Gasteiger partial charge in [-0.05, 0) is 42.9 Å².